The summed E-state index contributed by atoms with van der Waals surface area (Å²) in [7, 11) is 0. The number of nitrogens with one attached hydrogen (secondary N) is 1. The number of amides is 1. The summed E-state index contributed by atoms with van der Waals surface area (Å²) in [6, 6.07) is 11.8. The van der Waals surface area contributed by atoms with Crippen LogP contribution in [0.15, 0.2) is 36.4 Å². The van der Waals surface area contributed by atoms with E-state index >= 15 is 0 Å². The third kappa shape index (κ3) is 2.85. The van der Waals surface area contributed by atoms with Gasteiger partial charge in [0.05, 0.1) is 11.5 Å². The summed E-state index contributed by atoms with van der Waals surface area (Å²) in [5.41, 5.74) is 4.88. The second kappa shape index (κ2) is 5.55. The molecule has 0 spiro atoms. The van der Waals surface area contributed by atoms with E-state index in [0.29, 0.717) is 6.61 Å². The summed E-state index contributed by atoms with van der Waals surface area (Å²) in [6.07, 6.45) is 3.43. The average molecular weight is 273 g/mol. The molecule has 4 heteroatoms. The first-order chi connectivity index (χ1) is 9.33. The Morgan fingerprint density at radius 1 is 1.26 bits per heavy atom. The van der Waals surface area contributed by atoms with Gasteiger partial charge in [0.15, 0.2) is 0 Å². The van der Waals surface area contributed by atoms with Crippen LogP contribution >= 0.6 is 11.3 Å². The van der Waals surface area contributed by atoms with E-state index in [-0.39, 0.29) is 5.91 Å². The number of rotatable bonds is 4. The number of thiophene rings is 1. The molecule has 0 aliphatic heterocycles. The predicted molar refractivity (Wildman–Crippen MR) is 75.0 cm³/mol. The average Bonchev–Trinajstić information content (AvgIpc) is 3.00. The van der Waals surface area contributed by atoms with Crippen LogP contribution in [0.1, 0.15) is 32.1 Å². The Labute approximate surface area is 116 Å². The quantitative estimate of drug-likeness (QED) is 0.869. The molecule has 1 N–H and O–H groups in total. The summed E-state index contributed by atoms with van der Waals surface area (Å²) < 4.78 is 0. The van der Waals surface area contributed by atoms with Crippen molar-refractivity contribution in [2.75, 3.05) is 0 Å². The molecule has 1 aromatic heterocycles. The lowest BCUT2D eigenvalue weighted by Crippen LogP contribution is -2.22. The van der Waals surface area contributed by atoms with Gasteiger partial charge in [0.1, 0.15) is 0 Å². The van der Waals surface area contributed by atoms with Gasteiger partial charge in [-0.1, -0.05) is 30.3 Å². The Bertz CT molecular complexity index is 556. The van der Waals surface area contributed by atoms with Crippen molar-refractivity contribution in [3.63, 3.8) is 0 Å². The Morgan fingerprint density at radius 2 is 2.11 bits per heavy atom. The van der Waals surface area contributed by atoms with Gasteiger partial charge >= 0.3 is 0 Å². The summed E-state index contributed by atoms with van der Waals surface area (Å²) in [5, 5.41) is 0. The topological polar surface area (TPSA) is 38.3 Å². The van der Waals surface area contributed by atoms with Gasteiger partial charge in [0, 0.05) is 4.88 Å². The number of carbonyl (C=O) groups excluding carboxylic acids is 1. The maximum atomic E-state index is 11.9. The number of hydroxylamine groups is 1. The number of hydrogen-bond acceptors (Lipinski definition) is 3. The SMILES string of the molecule is O=C(NOCc1ccccc1)c1cc2c(s1)CCC2. The van der Waals surface area contributed by atoms with Crippen molar-refractivity contribution in [1.29, 1.82) is 0 Å². The molecule has 3 rings (SSSR count). The fourth-order valence-corrected chi connectivity index (χ4v) is 3.39. The van der Waals surface area contributed by atoms with E-state index in [1.54, 1.807) is 11.3 Å². The molecule has 1 amide bonds. The Balaban J connectivity index is 1.54. The van der Waals surface area contributed by atoms with Crippen molar-refractivity contribution in [1.82, 2.24) is 5.48 Å². The highest BCUT2D eigenvalue weighted by molar-refractivity contribution is 7.14. The van der Waals surface area contributed by atoms with E-state index in [1.165, 1.54) is 16.9 Å². The van der Waals surface area contributed by atoms with Crippen LogP contribution < -0.4 is 5.48 Å². The van der Waals surface area contributed by atoms with Crippen LogP contribution in [-0.4, -0.2) is 5.91 Å². The summed E-state index contributed by atoms with van der Waals surface area (Å²) >= 11 is 1.58. The van der Waals surface area contributed by atoms with E-state index in [4.69, 9.17) is 4.84 Å². The van der Waals surface area contributed by atoms with Gasteiger partial charge in [0.2, 0.25) is 0 Å². The van der Waals surface area contributed by atoms with E-state index in [2.05, 4.69) is 5.48 Å². The van der Waals surface area contributed by atoms with Crippen LogP contribution in [0, 0.1) is 0 Å². The molecule has 1 aliphatic rings. The molecule has 0 bridgehead atoms. The second-order valence-electron chi connectivity index (χ2n) is 4.62. The first-order valence-corrected chi connectivity index (χ1v) is 7.22. The zero-order chi connectivity index (χ0) is 13.1. The largest absolute Gasteiger partial charge is 0.284 e. The molecule has 3 nitrogen and oxygen atoms in total. The summed E-state index contributed by atoms with van der Waals surface area (Å²) in [4.78, 5) is 19.3. The van der Waals surface area contributed by atoms with Crippen LogP contribution in [0.2, 0.25) is 0 Å². The van der Waals surface area contributed by atoms with Gasteiger partial charge in [-0.05, 0) is 36.5 Å². The van der Waals surface area contributed by atoms with Crippen molar-refractivity contribution in [2.24, 2.45) is 0 Å². The smallest absolute Gasteiger partial charge is 0.269 e. The fraction of sp³-hybridized carbons (Fsp3) is 0.267. The number of benzene rings is 1. The third-order valence-corrected chi connectivity index (χ3v) is 4.45. The standard InChI is InChI=1S/C15H15NO2S/c17-15(14-9-12-7-4-8-13(12)19-14)16-18-10-11-5-2-1-3-6-11/h1-3,5-6,9H,4,7-8,10H2,(H,16,17). The van der Waals surface area contributed by atoms with E-state index in [9.17, 15) is 4.79 Å². The van der Waals surface area contributed by atoms with Crippen LogP contribution in [0.3, 0.4) is 0 Å². The summed E-state index contributed by atoms with van der Waals surface area (Å²) in [5.74, 6) is -0.143. The van der Waals surface area contributed by atoms with E-state index < -0.39 is 0 Å². The van der Waals surface area contributed by atoms with E-state index in [0.717, 1.165) is 23.3 Å². The molecule has 1 aliphatic carbocycles. The summed E-state index contributed by atoms with van der Waals surface area (Å²) in [6.45, 7) is 0.387. The highest BCUT2D eigenvalue weighted by atomic mass is 32.1. The molecule has 0 atom stereocenters. The highest BCUT2D eigenvalue weighted by Gasteiger charge is 2.18. The van der Waals surface area contributed by atoms with Crippen molar-refractivity contribution in [3.05, 3.63) is 57.3 Å². The van der Waals surface area contributed by atoms with Gasteiger partial charge in [-0.2, -0.15) is 0 Å². The monoisotopic (exact) mass is 273 g/mol. The lowest BCUT2D eigenvalue weighted by Gasteiger charge is -2.04. The predicted octanol–water partition coefficient (Wildman–Crippen LogP) is 3.10. The number of fused-ring (bicyclic) bond motifs is 1. The number of hydrogen-bond donors (Lipinski definition) is 1. The molecule has 0 unspecified atom stereocenters. The van der Waals surface area contributed by atoms with Crippen LogP contribution in [-0.2, 0) is 24.3 Å². The Kier molecular flexibility index (Phi) is 3.62. The molecule has 0 saturated heterocycles. The Morgan fingerprint density at radius 3 is 2.89 bits per heavy atom. The molecular weight excluding hydrogens is 258 g/mol. The molecule has 98 valence electrons. The minimum Gasteiger partial charge on any atom is -0.269 e. The Hall–Kier alpha value is -1.65. The first kappa shape index (κ1) is 12.4. The molecule has 19 heavy (non-hydrogen) atoms. The normalized spacial score (nSPS) is 13.3. The van der Waals surface area contributed by atoms with Gasteiger partial charge in [-0.15, -0.1) is 11.3 Å². The van der Waals surface area contributed by atoms with E-state index in [1.807, 2.05) is 36.4 Å². The molecule has 1 heterocycles. The maximum absolute atomic E-state index is 11.9. The van der Waals surface area contributed by atoms with Gasteiger partial charge in [-0.3, -0.25) is 9.63 Å². The number of carbonyl (C=O) groups is 1. The van der Waals surface area contributed by atoms with Crippen molar-refractivity contribution in [3.8, 4) is 0 Å². The van der Waals surface area contributed by atoms with Crippen molar-refractivity contribution < 1.29 is 9.63 Å². The second-order valence-corrected chi connectivity index (χ2v) is 5.75. The first-order valence-electron chi connectivity index (χ1n) is 6.40. The highest BCUT2D eigenvalue weighted by Crippen LogP contribution is 2.30. The lowest BCUT2D eigenvalue weighted by molar-refractivity contribution is 0.0237. The van der Waals surface area contributed by atoms with Gasteiger partial charge < -0.3 is 0 Å². The van der Waals surface area contributed by atoms with Gasteiger partial charge in [0.25, 0.3) is 5.91 Å². The zero-order valence-electron chi connectivity index (χ0n) is 10.5. The van der Waals surface area contributed by atoms with Crippen molar-refractivity contribution >= 4 is 17.2 Å². The van der Waals surface area contributed by atoms with Crippen molar-refractivity contribution in [2.45, 2.75) is 25.9 Å². The van der Waals surface area contributed by atoms with Crippen LogP contribution in [0.5, 0.6) is 0 Å². The van der Waals surface area contributed by atoms with Crippen LogP contribution in [0.25, 0.3) is 0 Å². The fourth-order valence-electron chi connectivity index (χ4n) is 2.25. The lowest BCUT2D eigenvalue weighted by atomic mass is 10.2. The minimum atomic E-state index is -0.143. The minimum absolute atomic E-state index is 0.143. The molecular formula is C15H15NO2S. The maximum Gasteiger partial charge on any atom is 0.284 e. The number of aryl methyl sites for hydroxylation is 2. The van der Waals surface area contributed by atoms with Crippen LogP contribution in [0.4, 0.5) is 0 Å². The molecule has 0 saturated carbocycles. The molecule has 0 fully saturated rings. The zero-order valence-corrected chi connectivity index (χ0v) is 11.3. The molecule has 1 aromatic carbocycles. The van der Waals surface area contributed by atoms with Gasteiger partial charge in [-0.25, -0.2) is 5.48 Å². The molecule has 0 radical (unpaired) electrons. The molecule has 2 aromatic rings. The third-order valence-electron chi connectivity index (χ3n) is 3.22.